The molecule has 4 aliphatic carbocycles. The Morgan fingerprint density at radius 2 is 1.29 bits per heavy atom. The van der Waals surface area contributed by atoms with Crippen LogP contribution in [-0.4, -0.2) is 52.8 Å². The SMILES string of the molecule is CN1C=CC(=C2C3=NC(=C(c4cc[n+](C)cc4)C4=NC(=C(c5ccc([NH2+]C(=O)COC6=CC7=CC[C@@H]8[C@H](CC[C@]9(C)[C@@H](O)CC[C@@H]89)C7=CC6)cc5)c5ccc([n-]5)C(c5cc[n+](C)cc5)=C5C=CC2=N5)C=C4)C=C3)C=C1. The number of hydrogen-bond acceptors (Lipinski definition) is 7. The summed E-state index contributed by atoms with van der Waals surface area (Å²) in [5.74, 6) is 2.43. The zero-order valence-electron chi connectivity index (χ0n) is 42.8. The van der Waals surface area contributed by atoms with Gasteiger partial charge in [-0.25, -0.2) is 34.2 Å². The van der Waals surface area contributed by atoms with E-state index in [1.165, 1.54) is 11.1 Å². The summed E-state index contributed by atoms with van der Waals surface area (Å²) in [6.07, 6.45) is 41.7. The highest BCUT2D eigenvalue weighted by Crippen LogP contribution is 2.60. The van der Waals surface area contributed by atoms with Crippen molar-refractivity contribution >= 4 is 45.4 Å². The number of aryl methyl sites for hydroxylation is 2. The number of hydrogen-bond donors (Lipinski definition) is 2. The molecule has 75 heavy (non-hydrogen) atoms. The van der Waals surface area contributed by atoms with Crippen molar-refractivity contribution in [2.24, 2.45) is 52.2 Å². The fourth-order valence-corrected chi connectivity index (χ4v) is 12.9. The van der Waals surface area contributed by atoms with Gasteiger partial charge >= 0.3 is 5.91 Å². The third-order valence-electron chi connectivity index (χ3n) is 16.9. The average Bonchev–Trinajstić information content (AvgIpc) is 4.31. The summed E-state index contributed by atoms with van der Waals surface area (Å²) in [4.78, 5) is 37.3. The van der Waals surface area contributed by atoms with E-state index in [0.29, 0.717) is 24.2 Å². The first-order valence-electron chi connectivity index (χ1n) is 26.4. The standard InChI is InChI=1S/C64H58N8O3/c1-64-30-23-47-46-12-10-45(37-43(46)7-11-48(47)49(64)13-22-58(64)73)75-38-59(74)65-44-8-5-39(6-9-44)60-50-14-16-52(66-50)61(40-24-31-70(2)32-25-40)54-18-20-56(68-54)63(42-28-35-72(4)36-29-42)57-21-19-55(69-57)62(53-17-15-51(60)67-53)41-26-33-71(3)34-27-41/h5-9,12,14-21,24-29,31-37,47-49,58,73H,10-11,13,22-23,30,38H2,1-4H3/p+2/t47-,48-,49+,58+,64+/m1/s1. The first-order valence-corrected chi connectivity index (χ1v) is 26.4. The Morgan fingerprint density at radius 1 is 0.720 bits per heavy atom. The molecule has 2 fully saturated rings. The fraction of sp³-hybridized carbons (Fsp3) is 0.250. The number of rotatable bonds is 7. The number of nitrogens with two attached hydrogens (primary N) is 1. The van der Waals surface area contributed by atoms with Crippen LogP contribution in [0.2, 0.25) is 0 Å². The molecule has 372 valence electrons. The number of allylic oxidation sites excluding steroid dienone is 16. The first kappa shape index (κ1) is 46.7. The van der Waals surface area contributed by atoms with E-state index in [4.69, 9.17) is 24.7 Å². The molecule has 13 rings (SSSR count). The lowest BCUT2D eigenvalue weighted by Crippen LogP contribution is -2.83. The molecule has 8 bridgehead atoms. The largest absolute Gasteiger partial charge is 0.657 e. The highest BCUT2D eigenvalue weighted by atomic mass is 16.5. The van der Waals surface area contributed by atoms with Crippen LogP contribution in [0.4, 0.5) is 5.69 Å². The summed E-state index contributed by atoms with van der Waals surface area (Å²) < 4.78 is 10.3. The molecule has 0 unspecified atom stereocenters. The molecule has 11 heteroatoms. The third-order valence-corrected chi connectivity index (χ3v) is 16.9. The highest BCUT2D eigenvalue weighted by Gasteiger charge is 2.54. The summed E-state index contributed by atoms with van der Waals surface area (Å²) in [6, 6.07) is 20.7. The Balaban J connectivity index is 0.834. The van der Waals surface area contributed by atoms with Crippen LogP contribution >= 0.6 is 0 Å². The molecule has 5 aliphatic heterocycles. The van der Waals surface area contributed by atoms with Crippen molar-refractivity contribution in [3.05, 3.63) is 238 Å². The van der Waals surface area contributed by atoms with Crippen LogP contribution in [0.15, 0.2) is 225 Å². The average molecular weight is 989 g/mol. The normalized spacial score (nSPS) is 25.3. The third kappa shape index (κ3) is 8.50. The van der Waals surface area contributed by atoms with Crippen LogP contribution in [-0.2, 0) is 23.6 Å². The molecular formula is C64H60N8O3+2. The minimum atomic E-state index is -0.177. The molecule has 9 aliphatic rings. The maximum Gasteiger partial charge on any atom is 0.353 e. The predicted octanol–water partition coefficient (Wildman–Crippen LogP) is 8.62. The first-order chi connectivity index (χ1) is 36.5. The number of pyridine rings is 2. The van der Waals surface area contributed by atoms with Gasteiger partial charge in [0.15, 0.2) is 24.8 Å². The molecule has 11 nitrogen and oxygen atoms in total. The zero-order chi connectivity index (χ0) is 51.0. The molecule has 1 aromatic carbocycles. The number of quaternary nitrogens is 1. The van der Waals surface area contributed by atoms with Crippen LogP contribution in [0.3, 0.4) is 0 Å². The number of benzene rings is 1. The van der Waals surface area contributed by atoms with E-state index in [-0.39, 0.29) is 24.0 Å². The van der Waals surface area contributed by atoms with Gasteiger partial charge in [-0.2, -0.15) is 0 Å². The van der Waals surface area contributed by atoms with Gasteiger partial charge in [0.05, 0.1) is 40.3 Å². The Labute approximate surface area is 437 Å². The van der Waals surface area contributed by atoms with Gasteiger partial charge in [0.2, 0.25) is 6.61 Å². The number of ether oxygens (including phenoxy) is 1. The van der Waals surface area contributed by atoms with Crippen LogP contribution in [0, 0.1) is 23.2 Å². The molecule has 3 aromatic heterocycles. The lowest BCUT2D eigenvalue weighted by atomic mass is 9.55. The molecule has 0 saturated heterocycles. The molecule has 8 heterocycles. The van der Waals surface area contributed by atoms with E-state index in [1.54, 1.807) is 5.32 Å². The van der Waals surface area contributed by atoms with Gasteiger partial charge in [-0.05, 0) is 167 Å². The van der Waals surface area contributed by atoms with E-state index in [9.17, 15) is 9.90 Å². The van der Waals surface area contributed by atoms with Crippen molar-refractivity contribution in [2.75, 3.05) is 13.7 Å². The number of aliphatic imine (C=N–C) groups is 3. The predicted molar refractivity (Wildman–Crippen MR) is 292 cm³/mol. The summed E-state index contributed by atoms with van der Waals surface area (Å²) in [5, 5.41) is 12.5. The van der Waals surface area contributed by atoms with Gasteiger partial charge in [0, 0.05) is 73.4 Å². The van der Waals surface area contributed by atoms with Gasteiger partial charge in [-0.3, -0.25) is 0 Å². The molecule has 2 saturated carbocycles. The van der Waals surface area contributed by atoms with E-state index < -0.39 is 0 Å². The summed E-state index contributed by atoms with van der Waals surface area (Å²) in [5.41, 5.74) is 17.4. The van der Waals surface area contributed by atoms with Crippen LogP contribution in [0.25, 0.3) is 16.7 Å². The summed E-state index contributed by atoms with van der Waals surface area (Å²) >= 11 is 0. The lowest BCUT2D eigenvalue weighted by molar-refractivity contribution is -0.671. The molecule has 0 spiro atoms. The molecule has 3 N–H and O–H groups in total. The summed E-state index contributed by atoms with van der Waals surface area (Å²) in [6.45, 7) is 2.28. The zero-order valence-corrected chi connectivity index (χ0v) is 42.8. The van der Waals surface area contributed by atoms with E-state index in [2.05, 4.69) is 135 Å². The molecule has 4 aromatic rings. The Hall–Kier alpha value is -8.12. The monoisotopic (exact) mass is 988 g/mol. The Bertz CT molecular complexity index is 3580. The van der Waals surface area contributed by atoms with Crippen molar-refractivity contribution in [3.8, 4) is 0 Å². The smallest absolute Gasteiger partial charge is 0.353 e. The summed E-state index contributed by atoms with van der Waals surface area (Å²) in [7, 11) is 6.05. The second kappa shape index (κ2) is 18.7. The second-order valence-electron chi connectivity index (χ2n) is 21.5. The number of primary amides is 1. The maximum absolute atomic E-state index is 13.6. The Morgan fingerprint density at radius 3 is 1.92 bits per heavy atom. The van der Waals surface area contributed by atoms with Crippen molar-refractivity contribution in [2.45, 2.75) is 51.6 Å². The number of amides is 1. The van der Waals surface area contributed by atoms with E-state index >= 15 is 0 Å². The number of aromatic nitrogens is 3. The Kier molecular flexibility index (Phi) is 11.6. The van der Waals surface area contributed by atoms with Crippen molar-refractivity contribution < 1.29 is 29.1 Å². The van der Waals surface area contributed by atoms with Crippen LogP contribution in [0.5, 0.6) is 0 Å². The fourth-order valence-electron chi connectivity index (χ4n) is 12.9. The van der Waals surface area contributed by atoms with Crippen molar-refractivity contribution in [3.63, 3.8) is 0 Å². The topological polar surface area (TPSA) is 125 Å². The minimum absolute atomic E-state index is 0.0346. The van der Waals surface area contributed by atoms with Gasteiger partial charge in [0.1, 0.15) is 25.5 Å². The lowest BCUT2D eigenvalue weighted by Gasteiger charge is -2.50. The molecule has 0 radical (unpaired) electrons. The number of fused-ring (bicyclic) bond motifs is 10. The molecule has 5 atom stereocenters. The second-order valence-corrected chi connectivity index (χ2v) is 21.5. The van der Waals surface area contributed by atoms with Crippen LogP contribution < -0.4 is 19.4 Å². The maximum atomic E-state index is 13.6. The quantitative estimate of drug-likeness (QED) is 0.142. The van der Waals surface area contributed by atoms with Gasteiger partial charge < -0.3 is 19.7 Å². The number of aliphatic hydroxyl groups excluding tert-OH is 1. The van der Waals surface area contributed by atoms with E-state index in [0.717, 1.165) is 134 Å². The molecule has 1 amide bonds. The number of carbonyl (C=O) groups excluding carboxylic acids is 1. The van der Waals surface area contributed by atoms with Gasteiger partial charge in [-0.15, -0.1) is 11.4 Å². The minimum Gasteiger partial charge on any atom is -0.657 e. The van der Waals surface area contributed by atoms with Gasteiger partial charge in [0.25, 0.3) is 0 Å². The van der Waals surface area contributed by atoms with Crippen LogP contribution in [0.1, 0.15) is 73.5 Å². The number of aliphatic hydroxyl groups is 1. The van der Waals surface area contributed by atoms with Crippen molar-refractivity contribution in [1.29, 1.82) is 0 Å². The van der Waals surface area contributed by atoms with E-state index in [1.807, 2.05) is 72.1 Å². The highest BCUT2D eigenvalue weighted by molar-refractivity contribution is 6.36. The number of nitrogens with zero attached hydrogens (tertiary/aromatic N) is 7. The van der Waals surface area contributed by atoms with Crippen molar-refractivity contribution in [1.82, 2.24) is 9.88 Å². The van der Waals surface area contributed by atoms with Gasteiger partial charge in [-0.1, -0.05) is 31.2 Å². The number of carbonyl (C=O) groups is 1. The molecular weight excluding hydrogens is 929 g/mol.